The highest BCUT2D eigenvalue weighted by atomic mass is 32.1. The van der Waals surface area contributed by atoms with Crippen LogP contribution in [0.3, 0.4) is 0 Å². The molecule has 1 aromatic carbocycles. The molecule has 26 heavy (non-hydrogen) atoms. The van der Waals surface area contributed by atoms with E-state index in [1.165, 1.54) is 33.9 Å². The monoisotopic (exact) mass is 369 g/mol. The van der Waals surface area contributed by atoms with E-state index in [2.05, 4.69) is 57.1 Å². The topological polar surface area (TPSA) is 53.7 Å². The molecular formula is C19H23N5OS. The van der Waals surface area contributed by atoms with Crippen LogP contribution in [0.4, 0.5) is 5.13 Å². The van der Waals surface area contributed by atoms with Gasteiger partial charge in [-0.25, -0.2) is 4.98 Å². The van der Waals surface area contributed by atoms with E-state index < -0.39 is 0 Å². The molecule has 0 amide bonds. The number of hydrogen-bond donors (Lipinski definition) is 0. The Labute approximate surface area is 156 Å². The van der Waals surface area contributed by atoms with E-state index >= 15 is 0 Å². The number of rotatable bonds is 6. The SMILES string of the molecule is CCN(CC1CCN(Cc2ccccc2)C1)c1nn2c(=O)ccnc2s1. The van der Waals surface area contributed by atoms with Crippen molar-refractivity contribution >= 4 is 21.4 Å². The molecule has 0 aliphatic carbocycles. The van der Waals surface area contributed by atoms with Crippen molar-refractivity contribution in [3.05, 3.63) is 58.5 Å². The average Bonchev–Trinajstić information content (AvgIpc) is 3.28. The Hall–Kier alpha value is -2.25. The van der Waals surface area contributed by atoms with E-state index in [4.69, 9.17) is 0 Å². The Morgan fingerprint density at radius 2 is 2.12 bits per heavy atom. The van der Waals surface area contributed by atoms with Gasteiger partial charge in [-0.1, -0.05) is 41.7 Å². The zero-order valence-corrected chi connectivity index (χ0v) is 15.7. The largest absolute Gasteiger partial charge is 0.347 e. The van der Waals surface area contributed by atoms with Crippen LogP contribution in [0, 0.1) is 5.92 Å². The molecule has 7 heteroatoms. The molecule has 2 aromatic heterocycles. The molecule has 4 rings (SSSR count). The van der Waals surface area contributed by atoms with Crippen molar-refractivity contribution in [3.8, 4) is 0 Å². The highest BCUT2D eigenvalue weighted by molar-refractivity contribution is 7.20. The fourth-order valence-electron chi connectivity index (χ4n) is 3.56. The molecule has 0 spiro atoms. The van der Waals surface area contributed by atoms with Crippen LogP contribution in [0.25, 0.3) is 4.96 Å². The summed E-state index contributed by atoms with van der Waals surface area (Å²) in [5.41, 5.74) is 1.25. The molecule has 0 N–H and O–H groups in total. The van der Waals surface area contributed by atoms with Crippen molar-refractivity contribution in [2.24, 2.45) is 5.92 Å². The Morgan fingerprint density at radius 3 is 2.88 bits per heavy atom. The molecule has 136 valence electrons. The summed E-state index contributed by atoms with van der Waals surface area (Å²) in [4.78, 5) is 21.6. The van der Waals surface area contributed by atoms with Crippen LogP contribution in [-0.2, 0) is 6.54 Å². The molecule has 1 saturated heterocycles. The second-order valence-electron chi connectivity index (χ2n) is 6.78. The van der Waals surface area contributed by atoms with Crippen LogP contribution in [0.5, 0.6) is 0 Å². The van der Waals surface area contributed by atoms with E-state index in [0.717, 1.165) is 37.9 Å². The van der Waals surface area contributed by atoms with Gasteiger partial charge in [-0.3, -0.25) is 9.69 Å². The lowest BCUT2D eigenvalue weighted by Gasteiger charge is -2.23. The van der Waals surface area contributed by atoms with Crippen molar-refractivity contribution in [3.63, 3.8) is 0 Å². The minimum Gasteiger partial charge on any atom is -0.347 e. The number of likely N-dealkylation sites (tertiary alicyclic amines) is 1. The second-order valence-corrected chi connectivity index (χ2v) is 7.71. The predicted molar refractivity (Wildman–Crippen MR) is 105 cm³/mol. The third kappa shape index (κ3) is 3.64. The van der Waals surface area contributed by atoms with Crippen LogP contribution in [0.15, 0.2) is 47.4 Å². The zero-order chi connectivity index (χ0) is 17.9. The van der Waals surface area contributed by atoms with Crippen molar-refractivity contribution in [2.45, 2.75) is 19.9 Å². The molecule has 3 heterocycles. The Balaban J connectivity index is 1.42. The second kappa shape index (κ2) is 7.55. The van der Waals surface area contributed by atoms with Gasteiger partial charge in [-0.2, -0.15) is 4.52 Å². The fraction of sp³-hybridized carbons (Fsp3) is 0.421. The molecular weight excluding hydrogens is 346 g/mol. The van der Waals surface area contributed by atoms with Gasteiger partial charge in [0.15, 0.2) is 0 Å². The van der Waals surface area contributed by atoms with Crippen molar-refractivity contribution in [2.75, 3.05) is 31.1 Å². The number of nitrogens with zero attached hydrogens (tertiary/aromatic N) is 5. The van der Waals surface area contributed by atoms with Crippen LogP contribution >= 0.6 is 11.3 Å². The van der Waals surface area contributed by atoms with Crippen LogP contribution in [-0.4, -0.2) is 45.7 Å². The first-order valence-corrected chi connectivity index (χ1v) is 9.90. The summed E-state index contributed by atoms with van der Waals surface area (Å²) in [7, 11) is 0. The third-order valence-corrected chi connectivity index (χ3v) is 5.89. The van der Waals surface area contributed by atoms with Crippen LogP contribution < -0.4 is 10.5 Å². The van der Waals surface area contributed by atoms with Gasteiger partial charge in [0.25, 0.3) is 5.56 Å². The first-order chi connectivity index (χ1) is 12.7. The van der Waals surface area contributed by atoms with E-state index in [1.54, 1.807) is 6.20 Å². The quantitative estimate of drug-likeness (QED) is 0.668. The molecule has 1 atom stereocenters. The minimum atomic E-state index is -0.122. The number of aromatic nitrogens is 3. The minimum absolute atomic E-state index is 0.122. The molecule has 0 radical (unpaired) electrons. The number of anilines is 1. The third-order valence-electron chi connectivity index (χ3n) is 4.91. The number of fused-ring (bicyclic) bond motifs is 1. The molecule has 1 aliphatic rings. The van der Waals surface area contributed by atoms with E-state index in [0.29, 0.717) is 10.9 Å². The van der Waals surface area contributed by atoms with E-state index in [-0.39, 0.29) is 5.56 Å². The number of hydrogen-bond acceptors (Lipinski definition) is 6. The number of benzene rings is 1. The molecule has 6 nitrogen and oxygen atoms in total. The van der Waals surface area contributed by atoms with Gasteiger partial charge in [0, 0.05) is 38.4 Å². The smallest absolute Gasteiger partial charge is 0.275 e. The average molecular weight is 369 g/mol. The predicted octanol–water partition coefficient (Wildman–Crippen LogP) is 2.50. The summed E-state index contributed by atoms with van der Waals surface area (Å²) in [6.07, 6.45) is 2.75. The van der Waals surface area contributed by atoms with Gasteiger partial charge < -0.3 is 4.90 Å². The van der Waals surface area contributed by atoms with Gasteiger partial charge in [-0.15, -0.1) is 5.10 Å². The summed E-state index contributed by atoms with van der Waals surface area (Å²) in [6.45, 7) is 7.25. The molecule has 1 aliphatic heterocycles. The Kier molecular flexibility index (Phi) is 4.99. The lowest BCUT2D eigenvalue weighted by Crippen LogP contribution is -2.31. The van der Waals surface area contributed by atoms with Gasteiger partial charge in [0.2, 0.25) is 10.1 Å². The summed E-state index contributed by atoms with van der Waals surface area (Å²) in [6, 6.07) is 12.1. The first-order valence-electron chi connectivity index (χ1n) is 9.09. The normalized spacial score (nSPS) is 17.8. The summed E-state index contributed by atoms with van der Waals surface area (Å²) in [5, 5.41) is 5.36. The molecule has 3 aromatic rings. The molecule has 1 fully saturated rings. The summed E-state index contributed by atoms with van der Waals surface area (Å²) >= 11 is 1.48. The van der Waals surface area contributed by atoms with E-state index in [9.17, 15) is 4.79 Å². The zero-order valence-electron chi connectivity index (χ0n) is 14.9. The standard InChI is InChI=1S/C19H23N5OS/c1-2-23(19-21-24-17(25)8-10-20-18(24)26-19)14-16-9-11-22(13-16)12-15-6-4-3-5-7-15/h3-8,10,16H,2,9,11-14H2,1H3. The lowest BCUT2D eigenvalue weighted by molar-refractivity contribution is 0.317. The maximum atomic E-state index is 11.9. The Bertz CT molecular complexity index is 922. The molecule has 0 bridgehead atoms. The van der Waals surface area contributed by atoms with Crippen LogP contribution in [0.2, 0.25) is 0 Å². The summed E-state index contributed by atoms with van der Waals surface area (Å²) in [5.74, 6) is 0.621. The van der Waals surface area contributed by atoms with Gasteiger partial charge in [-0.05, 0) is 31.4 Å². The maximum Gasteiger partial charge on any atom is 0.275 e. The van der Waals surface area contributed by atoms with Crippen molar-refractivity contribution < 1.29 is 0 Å². The van der Waals surface area contributed by atoms with Gasteiger partial charge in [0.1, 0.15) is 0 Å². The van der Waals surface area contributed by atoms with Crippen molar-refractivity contribution in [1.29, 1.82) is 0 Å². The first kappa shape index (κ1) is 17.2. The molecule has 1 unspecified atom stereocenters. The maximum absolute atomic E-state index is 11.9. The molecule has 0 saturated carbocycles. The fourth-order valence-corrected chi connectivity index (χ4v) is 4.51. The lowest BCUT2D eigenvalue weighted by atomic mass is 10.1. The van der Waals surface area contributed by atoms with Crippen molar-refractivity contribution in [1.82, 2.24) is 19.5 Å². The Morgan fingerprint density at radius 1 is 1.27 bits per heavy atom. The van der Waals surface area contributed by atoms with Gasteiger partial charge in [0.05, 0.1) is 0 Å². The highest BCUT2D eigenvalue weighted by Gasteiger charge is 2.25. The van der Waals surface area contributed by atoms with Crippen LogP contribution in [0.1, 0.15) is 18.9 Å². The van der Waals surface area contributed by atoms with Gasteiger partial charge >= 0.3 is 0 Å². The van der Waals surface area contributed by atoms with E-state index in [1.807, 2.05) is 0 Å². The highest BCUT2D eigenvalue weighted by Crippen LogP contribution is 2.25. The summed E-state index contributed by atoms with van der Waals surface area (Å²) < 4.78 is 1.40.